The van der Waals surface area contributed by atoms with E-state index in [2.05, 4.69) is 36.9 Å². The minimum Gasteiger partial charge on any atom is -0.508 e. The lowest BCUT2D eigenvalue weighted by molar-refractivity contribution is -0.142. The molecule has 3 fully saturated rings. The van der Waals surface area contributed by atoms with Crippen LogP contribution in [0.1, 0.15) is 94.6 Å². The number of nitrogens with two attached hydrogens (primary N) is 5. The Morgan fingerprint density at radius 1 is 0.772 bits per heavy atom. The van der Waals surface area contributed by atoms with Crippen LogP contribution >= 0.6 is 21.6 Å². The summed E-state index contributed by atoms with van der Waals surface area (Å²) >= 11 is 0. The molecule has 2 heterocycles. The number of guanidine groups is 1. The molecule has 2 aromatic rings. The van der Waals surface area contributed by atoms with Gasteiger partial charge in [0.2, 0.25) is 65.0 Å². The van der Waals surface area contributed by atoms with Crippen LogP contribution < -0.4 is 60.6 Å². The zero-order chi connectivity index (χ0) is 57.6. The van der Waals surface area contributed by atoms with Gasteiger partial charge in [-0.1, -0.05) is 83.3 Å². The summed E-state index contributed by atoms with van der Waals surface area (Å²) in [6.45, 7) is -1.18. The molecule has 6 atom stereocenters. The average molecular weight is 1140 g/mol. The zero-order valence-electron chi connectivity index (χ0n) is 43.8. The molecule has 5 rings (SSSR count). The van der Waals surface area contributed by atoms with Gasteiger partial charge < -0.3 is 75.5 Å². The maximum Gasteiger partial charge on any atom is 0.246 e. The largest absolute Gasteiger partial charge is 0.508 e. The number of nitrogens with zero attached hydrogens (tertiary/aromatic N) is 3. The molecular weight excluding hydrogens is 1060 g/mol. The van der Waals surface area contributed by atoms with E-state index in [1.54, 1.807) is 42.5 Å². The van der Waals surface area contributed by atoms with Crippen molar-refractivity contribution >= 4 is 92.5 Å². The smallest absolute Gasteiger partial charge is 0.246 e. The molecule has 11 amide bonds. The second-order valence-corrected chi connectivity index (χ2v) is 22.6. The molecular formula is C51H72N14O12S2. The number of rotatable bonds is 19. The van der Waals surface area contributed by atoms with Crippen LogP contribution in [0.3, 0.4) is 0 Å². The van der Waals surface area contributed by atoms with Crippen molar-refractivity contribution in [1.82, 2.24) is 41.7 Å². The zero-order valence-corrected chi connectivity index (χ0v) is 45.4. The molecule has 28 heteroatoms. The summed E-state index contributed by atoms with van der Waals surface area (Å²) < 4.78 is -0.759. The normalized spacial score (nSPS) is 22.0. The van der Waals surface area contributed by atoms with Crippen molar-refractivity contribution in [2.75, 3.05) is 31.9 Å². The number of phenols is 1. The fourth-order valence-electron chi connectivity index (χ4n) is 9.49. The first-order chi connectivity index (χ1) is 37.6. The summed E-state index contributed by atoms with van der Waals surface area (Å²) in [5, 5.41) is 25.7. The Labute approximate surface area is 464 Å². The highest BCUT2D eigenvalue weighted by atomic mass is 33.1. The van der Waals surface area contributed by atoms with Gasteiger partial charge in [0.15, 0.2) is 5.96 Å². The Morgan fingerprint density at radius 3 is 2.11 bits per heavy atom. The van der Waals surface area contributed by atoms with Crippen molar-refractivity contribution in [2.45, 2.75) is 137 Å². The van der Waals surface area contributed by atoms with E-state index in [0.29, 0.717) is 30.4 Å². The molecule has 430 valence electrons. The van der Waals surface area contributed by atoms with E-state index in [1.165, 1.54) is 43.5 Å². The predicted octanol–water partition coefficient (Wildman–Crippen LogP) is -2.34. The maximum absolute atomic E-state index is 14.9. The molecule has 1 aliphatic carbocycles. The number of likely N-dealkylation sites (tertiary alicyclic amines) is 1. The topological polar surface area (TPSA) is 429 Å². The van der Waals surface area contributed by atoms with Gasteiger partial charge >= 0.3 is 0 Å². The number of hydrogen-bond donors (Lipinski definition) is 12. The molecule has 26 nitrogen and oxygen atoms in total. The number of carbonyl (C=O) groups is 11. The Kier molecular flexibility index (Phi) is 24.0. The van der Waals surface area contributed by atoms with Crippen LogP contribution in [0.15, 0.2) is 59.6 Å². The average Bonchev–Trinajstić information content (AvgIpc) is 3.92. The molecule has 0 radical (unpaired) electrons. The van der Waals surface area contributed by atoms with E-state index >= 15 is 0 Å². The fourth-order valence-corrected chi connectivity index (χ4v) is 12.9. The third-order valence-electron chi connectivity index (χ3n) is 13.4. The molecule has 0 aromatic heterocycles. The lowest BCUT2D eigenvalue weighted by atomic mass is 9.85. The molecule has 2 aliphatic heterocycles. The summed E-state index contributed by atoms with van der Waals surface area (Å²) in [6.07, 6.45) is 2.39. The Morgan fingerprint density at radius 2 is 1.46 bits per heavy atom. The van der Waals surface area contributed by atoms with E-state index in [0.717, 1.165) is 19.3 Å². The van der Waals surface area contributed by atoms with Gasteiger partial charge in [0, 0.05) is 49.4 Å². The van der Waals surface area contributed by atoms with Crippen LogP contribution in [-0.4, -0.2) is 159 Å². The summed E-state index contributed by atoms with van der Waals surface area (Å²) in [7, 11) is 2.49. The van der Waals surface area contributed by atoms with Gasteiger partial charge in [0.05, 0.1) is 19.5 Å². The summed E-state index contributed by atoms with van der Waals surface area (Å²) in [4.78, 5) is 157. The molecule has 3 aliphatic rings. The van der Waals surface area contributed by atoms with Crippen LogP contribution in [0.25, 0.3) is 0 Å². The molecule has 79 heavy (non-hydrogen) atoms. The summed E-state index contributed by atoms with van der Waals surface area (Å²) in [5.41, 5.74) is 28.4. The molecule has 0 unspecified atom stereocenters. The Balaban J connectivity index is 1.52. The monoisotopic (exact) mass is 1140 g/mol. The third kappa shape index (κ3) is 20.3. The predicted molar refractivity (Wildman–Crippen MR) is 293 cm³/mol. The first-order valence-electron chi connectivity index (χ1n) is 26.0. The molecule has 0 bridgehead atoms. The quantitative estimate of drug-likeness (QED) is 0.0304. The number of carbonyl (C=O) groups excluding carboxylic acids is 11. The Hall–Kier alpha value is -7.62. The van der Waals surface area contributed by atoms with Crippen molar-refractivity contribution in [3.05, 3.63) is 65.7 Å². The highest BCUT2D eigenvalue weighted by molar-refractivity contribution is 8.77. The van der Waals surface area contributed by atoms with Crippen molar-refractivity contribution < 1.29 is 57.8 Å². The van der Waals surface area contributed by atoms with E-state index in [-0.39, 0.29) is 69.2 Å². The van der Waals surface area contributed by atoms with Gasteiger partial charge in [-0.25, -0.2) is 0 Å². The summed E-state index contributed by atoms with van der Waals surface area (Å²) in [6, 6.07) is 6.31. The number of aromatic hydroxyl groups is 1. The van der Waals surface area contributed by atoms with Gasteiger partial charge in [0.1, 0.15) is 42.0 Å². The first kappa shape index (κ1) is 62.2. The number of amides is 11. The van der Waals surface area contributed by atoms with Gasteiger partial charge in [-0.15, -0.1) is 0 Å². The second-order valence-electron chi connectivity index (χ2n) is 19.8. The van der Waals surface area contributed by atoms with Crippen molar-refractivity contribution in [3.8, 4) is 5.75 Å². The number of hydrogen-bond acceptors (Lipinski definition) is 15. The van der Waals surface area contributed by atoms with Crippen LogP contribution in [-0.2, 0) is 65.7 Å². The number of benzene rings is 2. The fraction of sp³-hybridized carbons (Fsp3) is 0.529. The lowest BCUT2D eigenvalue weighted by Gasteiger charge is -2.37. The van der Waals surface area contributed by atoms with E-state index in [4.69, 9.17) is 28.7 Å². The van der Waals surface area contributed by atoms with Crippen LogP contribution in [0.4, 0.5) is 0 Å². The SMILES string of the molecule is NC(=O)CC[C@@H]1NC(=O)CN(Cc2ccccc2)C(=O)[C@H](Cc2ccc(O)cc2)NC(=O)CC2(CCCCC2)SSC[C@@H](C(=O)N2CCC[C@H]2C(=O)N[C@@H](CCCN=C(N)N)C(=O)NCC(N)=O)NC(=O)[C@H](CC(N)=O)NC1=O. The van der Waals surface area contributed by atoms with Gasteiger partial charge in [-0.05, 0) is 68.2 Å². The Bertz CT molecular complexity index is 2550. The number of phenolic OH excluding ortho intramolecular Hbond substituents is 1. The van der Waals surface area contributed by atoms with E-state index in [9.17, 15) is 57.8 Å². The summed E-state index contributed by atoms with van der Waals surface area (Å²) in [5.74, 6) is -9.49. The molecule has 17 N–H and O–H groups in total. The van der Waals surface area contributed by atoms with E-state index < -0.39 is 138 Å². The number of aliphatic imine (C=N–C) groups is 1. The van der Waals surface area contributed by atoms with Gasteiger partial charge in [-0.2, -0.15) is 0 Å². The van der Waals surface area contributed by atoms with Crippen molar-refractivity contribution in [2.24, 2.45) is 33.7 Å². The molecule has 1 spiro atoms. The highest BCUT2D eigenvalue weighted by Crippen LogP contribution is 2.48. The number of nitrogens with one attached hydrogen (secondary N) is 6. The lowest BCUT2D eigenvalue weighted by Crippen LogP contribution is -2.60. The van der Waals surface area contributed by atoms with Crippen LogP contribution in [0, 0.1) is 0 Å². The highest BCUT2D eigenvalue weighted by Gasteiger charge is 2.42. The van der Waals surface area contributed by atoms with Gasteiger partial charge in [-0.3, -0.25) is 57.7 Å². The minimum absolute atomic E-state index is 0.0161. The van der Waals surface area contributed by atoms with Crippen molar-refractivity contribution in [3.63, 3.8) is 0 Å². The first-order valence-corrected chi connectivity index (χ1v) is 28.3. The maximum atomic E-state index is 14.9. The second kappa shape index (κ2) is 30.5. The standard InChI is InChI=1S/C51H72N14O12S2/c52-39(67)18-17-34-45(73)62-35(24-40(53)68)46(74)63-37(49(77)65-22-8-12-38(65)47(75)61-33(11-7-21-57-50(55)56)44(72)58-26-41(54)69)29-78-79-51(19-5-2-6-20-51)25-42(70)60-36(23-30-13-15-32(66)16-14-30)48(76)64(28-43(71)59-34)27-31-9-3-1-4-10-31/h1,3-4,9-10,13-16,33-38,66H,2,5-8,11-12,17-29H2,(H2,52,67)(H2,53,68)(H2,54,69)(H,58,72)(H,59,71)(H,60,70)(H,61,75)(H,62,73)(H,63,74)(H4,55,56,57)/t33-,34-,35-,36-,37-,38-/m0/s1. The third-order valence-corrected chi connectivity index (χ3v) is 16.7. The van der Waals surface area contributed by atoms with Gasteiger partial charge in [0.25, 0.3) is 0 Å². The minimum atomic E-state index is -1.77. The molecule has 1 saturated carbocycles. The number of primary amides is 3. The van der Waals surface area contributed by atoms with E-state index in [1.807, 2.05) is 0 Å². The molecule has 2 saturated heterocycles. The molecule has 2 aromatic carbocycles. The van der Waals surface area contributed by atoms with Crippen LogP contribution in [0.5, 0.6) is 5.75 Å². The van der Waals surface area contributed by atoms with Crippen LogP contribution in [0.2, 0.25) is 0 Å². The van der Waals surface area contributed by atoms with Crippen molar-refractivity contribution in [1.29, 1.82) is 0 Å².